The molecule has 108 valence electrons. The Labute approximate surface area is 115 Å². The molecule has 0 radical (unpaired) electrons. The van der Waals surface area contributed by atoms with Crippen molar-refractivity contribution in [3.05, 3.63) is 0 Å². The first-order valence-corrected chi connectivity index (χ1v) is 6.89. The van der Waals surface area contributed by atoms with Crippen LogP contribution in [-0.2, 0) is 0 Å². The third-order valence-electron chi connectivity index (χ3n) is 2.46. The smallest absolute Gasteiger partial charge is 0.323 e. The zero-order chi connectivity index (χ0) is 14.3. The van der Waals surface area contributed by atoms with Gasteiger partial charge in [-0.2, -0.15) is 15.0 Å². The first-order chi connectivity index (χ1) is 8.97. The Kier molecular flexibility index (Phi) is 6.32. The standard InChI is InChI=1S/C13H25N5O/c1-9(2)7-5-6-8-15-12-16-11(14)17-13(18-12)19-10(3)4/h9-10H,5-8H2,1-4H3,(H3,14,15,16,17,18). The van der Waals surface area contributed by atoms with Crippen molar-refractivity contribution in [3.63, 3.8) is 0 Å². The molecule has 6 nitrogen and oxygen atoms in total. The minimum Gasteiger partial charge on any atom is -0.461 e. The monoisotopic (exact) mass is 267 g/mol. The van der Waals surface area contributed by atoms with Gasteiger partial charge in [0.05, 0.1) is 6.10 Å². The van der Waals surface area contributed by atoms with Crippen molar-refractivity contribution in [1.29, 1.82) is 0 Å². The summed E-state index contributed by atoms with van der Waals surface area (Å²) in [6.07, 6.45) is 3.54. The van der Waals surface area contributed by atoms with E-state index in [1.165, 1.54) is 12.8 Å². The number of nitrogens with two attached hydrogens (primary N) is 1. The summed E-state index contributed by atoms with van der Waals surface area (Å²) in [5, 5.41) is 3.15. The van der Waals surface area contributed by atoms with Crippen molar-refractivity contribution in [1.82, 2.24) is 15.0 Å². The van der Waals surface area contributed by atoms with Crippen LogP contribution in [-0.4, -0.2) is 27.6 Å². The second-order valence-electron chi connectivity index (χ2n) is 5.28. The van der Waals surface area contributed by atoms with Gasteiger partial charge in [-0.15, -0.1) is 0 Å². The van der Waals surface area contributed by atoms with Gasteiger partial charge in [-0.1, -0.05) is 26.7 Å². The second kappa shape index (κ2) is 7.76. The lowest BCUT2D eigenvalue weighted by atomic mass is 10.1. The molecule has 0 saturated carbocycles. The van der Waals surface area contributed by atoms with Crippen molar-refractivity contribution in [2.24, 2.45) is 5.92 Å². The summed E-state index contributed by atoms with van der Waals surface area (Å²) < 4.78 is 5.41. The van der Waals surface area contributed by atoms with Crippen LogP contribution >= 0.6 is 0 Å². The molecule has 1 aromatic heterocycles. The van der Waals surface area contributed by atoms with Crippen LogP contribution in [0.15, 0.2) is 0 Å². The van der Waals surface area contributed by atoms with Gasteiger partial charge in [0.2, 0.25) is 11.9 Å². The van der Waals surface area contributed by atoms with E-state index in [4.69, 9.17) is 10.5 Å². The van der Waals surface area contributed by atoms with Gasteiger partial charge in [0.15, 0.2) is 0 Å². The fourth-order valence-electron chi connectivity index (χ4n) is 1.59. The van der Waals surface area contributed by atoms with E-state index in [9.17, 15) is 0 Å². The molecule has 0 aliphatic rings. The lowest BCUT2D eigenvalue weighted by Gasteiger charge is -2.10. The van der Waals surface area contributed by atoms with Crippen molar-refractivity contribution in [2.45, 2.75) is 53.1 Å². The van der Waals surface area contributed by atoms with Crippen LogP contribution in [0.2, 0.25) is 0 Å². The van der Waals surface area contributed by atoms with E-state index < -0.39 is 0 Å². The van der Waals surface area contributed by atoms with E-state index in [1.807, 2.05) is 13.8 Å². The van der Waals surface area contributed by atoms with Crippen molar-refractivity contribution in [3.8, 4) is 6.01 Å². The Morgan fingerprint density at radius 3 is 2.47 bits per heavy atom. The third-order valence-corrected chi connectivity index (χ3v) is 2.46. The molecule has 0 aliphatic heterocycles. The van der Waals surface area contributed by atoms with Gasteiger partial charge in [0, 0.05) is 6.54 Å². The van der Waals surface area contributed by atoms with E-state index in [-0.39, 0.29) is 18.1 Å². The molecular weight excluding hydrogens is 242 g/mol. The van der Waals surface area contributed by atoms with Gasteiger partial charge < -0.3 is 15.8 Å². The molecule has 0 bridgehead atoms. The number of ether oxygens (including phenoxy) is 1. The fourth-order valence-corrected chi connectivity index (χ4v) is 1.59. The Bertz CT molecular complexity index is 381. The zero-order valence-electron chi connectivity index (χ0n) is 12.3. The van der Waals surface area contributed by atoms with Crippen LogP contribution in [0.5, 0.6) is 6.01 Å². The van der Waals surface area contributed by atoms with Crippen LogP contribution in [0, 0.1) is 5.92 Å². The first kappa shape index (κ1) is 15.5. The quantitative estimate of drug-likeness (QED) is 0.704. The van der Waals surface area contributed by atoms with Gasteiger partial charge in [-0.3, -0.25) is 0 Å². The summed E-state index contributed by atoms with van der Waals surface area (Å²) in [6.45, 7) is 9.13. The second-order valence-corrected chi connectivity index (χ2v) is 5.28. The molecule has 1 heterocycles. The average Bonchev–Trinajstić information content (AvgIpc) is 2.26. The maximum Gasteiger partial charge on any atom is 0.323 e. The number of rotatable bonds is 8. The fraction of sp³-hybridized carbons (Fsp3) is 0.769. The summed E-state index contributed by atoms with van der Waals surface area (Å²) in [4.78, 5) is 12.1. The Morgan fingerprint density at radius 1 is 1.11 bits per heavy atom. The molecule has 3 N–H and O–H groups in total. The van der Waals surface area contributed by atoms with Crippen LogP contribution in [0.4, 0.5) is 11.9 Å². The summed E-state index contributed by atoms with van der Waals surface area (Å²) in [5.74, 6) is 1.40. The van der Waals surface area contributed by atoms with E-state index >= 15 is 0 Å². The van der Waals surface area contributed by atoms with Gasteiger partial charge in [-0.25, -0.2) is 0 Å². The number of aromatic nitrogens is 3. The van der Waals surface area contributed by atoms with E-state index in [0.717, 1.165) is 18.9 Å². The number of nitrogens with one attached hydrogen (secondary N) is 1. The highest BCUT2D eigenvalue weighted by atomic mass is 16.5. The van der Waals surface area contributed by atoms with Gasteiger partial charge in [0.25, 0.3) is 0 Å². The van der Waals surface area contributed by atoms with Crippen molar-refractivity contribution in [2.75, 3.05) is 17.6 Å². The van der Waals surface area contributed by atoms with Crippen LogP contribution in [0.1, 0.15) is 47.0 Å². The highest BCUT2D eigenvalue weighted by Gasteiger charge is 2.06. The van der Waals surface area contributed by atoms with E-state index in [2.05, 4.69) is 34.1 Å². The Hall–Kier alpha value is -1.59. The molecule has 1 aromatic rings. The van der Waals surface area contributed by atoms with Crippen LogP contribution < -0.4 is 15.8 Å². The summed E-state index contributed by atoms with van der Waals surface area (Å²) >= 11 is 0. The number of hydrogen-bond acceptors (Lipinski definition) is 6. The van der Waals surface area contributed by atoms with E-state index in [1.54, 1.807) is 0 Å². The maximum absolute atomic E-state index is 5.62. The lowest BCUT2D eigenvalue weighted by Crippen LogP contribution is -2.13. The average molecular weight is 267 g/mol. The zero-order valence-corrected chi connectivity index (χ0v) is 12.3. The molecule has 0 saturated heterocycles. The van der Waals surface area contributed by atoms with Crippen LogP contribution in [0.25, 0.3) is 0 Å². The normalized spacial score (nSPS) is 11.1. The van der Waals surface area contributed by atoms with Crippen molar-refractivity contribution < 1.29 is 4.74 Å². The molecular formula is C13H25N5O. The number of unbranched alkanes of at least 4 members (excludes halogenated alkanes) is 1. The van der Waals surface area contributed by atoms with Crippen molar-refractivity contribution >= 4 is 11.9 Å². The largest absolute Gasteiger partial charge is 0.461 e. The number of hydrogen-bond donors (Lipinski definition) is 2. The molecule has 0 spiro atoms. The Morgan fingerprint density at radius 2 is 1.84 bits per heavy atom. The Balaban J connectivity index is 2.42. The molecule has 0 fully saturated rings. The summed E-state index contributed by atoms with van der Waals surface area (Å²) in [6, 6.07) is 0.271. The number of nitrogen functional groups attached to an aromatic ring is 1. The SMILES string of the molecule is CC(C)CCCCNc1nc(N)nc(OC(C)C)n1. The van der Waals surface area contributed by atoms with E-state index in [0.29, 0.717) is 5.95 Å². The topological polar surface area (TPSA) is 86.0 Å². The molecule has 1 rings (SSSR count). The third kappa shape index (κ3) is 6.79. The minimum atomic E-state index is 0.0145. The lowest BCUT2D eigenvalue weighted by molar-refractivity contribution is 0.222. The van der Waals surface area contributed by atoms with Crippen LogP contribution in [0.3, 0.4) is 0 Å². The molecule has 0 aliphatic carbocycles. The predicted octanol–water partition coefficient (Wildman–Crippen LogP) is 2.48. The maximum atomic E-state index is 5.62. The first-order valence-electron chi connectivity index (χ1n) is 6.89. The van der Waals surface area contributed by atoms with Gasteiger partial charge >= 0.3 is 6.01 Å². The highest BCUT2D eigenvalue weighted by molar-refractivity contribution is 5.32. The van der Waals surface area contributed by atoms with Gasteiger partial charge in [0.1, 0.15) is 0 Å². The van der Waals surface area contributed by atoms with Gasteiger partial charge in [-0.05, 0) is 26.2 Å². The number of anilines is 2. The summed E-state index contributed by atoms with van der Waals surface area (Å²) in [5.41, 5.74) is 5.62. The number of nitrogens with zero attached hydrogens (tertiary/aromatic N) is 3. The minimum absolute atomic E-state index is 0.0145. The molecule has 0 amide bonds. The molecule has 19 heavy (non-hydrogen) atoms. The molecule has 0 unspecified atom stereocenters. The molecule has 0 atom stereocenters. The highest BCUT2D eigenvalue weighted by Crippen LogP contribution is 2.11. The molecule has 6 heteroatoms. The molecule has 0 aromatic carbocycles. The predicted molar refractivity (Wildman–Crippen MR) is 77.2 cm³/mol. The summed E-state index contributed by atoms with van der Waals surface area (Å²) in [7, 11) is 0.